The Morgan fingerprint density at radius 3 is 2.19 bits per heavy atom. The van der Waals surface area contributed by atoms with E-state index in [9.17, 15) is 9.59 Å². The van der Waals surface area contributed by atoms with E-state index in [0.29, 0.717) is 36.1 Å². The number of benzene rings is 2. The number of hydrogen-bond donors (Lipinski definition) is 1. The predicted octanol–water partition coefficient (Wildman–Crippen LogP) is 2.77. The fourth-order valence-corrected chi connectivity index (χ4v) is 3.92. The predicted molar refractivity (Wildman–Crippen MR) is 124 cm³/mol. The van der Waals surface area contributed by atoms with E-state index in [1.165, 1.54) is 4.90 Å². The highest BCUT2D eigenvalue weighted by Crippen LogP contribution is 2.27. The third kappa shape index (κ3) is 5.14. The van der Waals surface area contributed by atoms with Crippen LogP contribution in [0.5, 0.6) is 11.5 Å². The molecule has 1 fully saturated rings. The fraction of sp³-hybridized carbons (Fsp3) is 0.348. The summed E-state index contributed by atoms with van der Waals surface area (Å²) in [5, 5.41) is 3.59. The quantitative estimate of drug-likeness (QED) is 0.499. The second-order valence-electron chi connectivity index (χ2n) is 7.11. The third-order valence-corrected chi connectivity index (χ3v) is 5.60. The lowest BCUT2D eigenvalue weighted by Crippen LogP contribution is -2.50. The van der Waals surface area contributed by atoms with Crippen molar-refractivity contribution >= 4 is 34.8 Å². The number of anilines is 1. The Kier molecular flexibility index (Phi) is 7.46. The topological polar surface area (TPSA) is 71.1 Å². The van der Waals surface area contributed by atoms with Gasteiger partial charge in [-0.15, -0.1) is 0 Å². The maximum absolute atomic E-state index is 13.2. The number of amides is 2. The number of ether oxygens (including phenoxy) is 2. The molecule has 2 aromatic carbocycles. The summed E-state index contributed by atoms with van der Waals surface area (Å²) in [7, 11) is 3.20. The molecule has 0 bridgehead atoms. The Morgan fingerprint density at radius 1 is 1.06 bits per heavy atom. The first kappa shape index (κ1) is 22.6. The monoisotopic (exact) mass is 441 g/mol. The lowest BCUT2D eigenvalue weighted by molar-refractivity contribution is -0.122. The molecule has 1 aliphatic rings. The van der Waals surface area contributed by atoms with Gasteiger partial charge in [0.2, 0.25) is 5.91 Å². The first-order valence-corrected chi connectivity index (χ1v) is 10.6. The SMILES string of the molecule is CCNC(=S)N(CCc1ccc(OC)cc1)[C@H]1CC(=O)N(c2ccc(OC)cc2)C1=O. The van der Waals surface area contributed by atoms with Crippen LogP contribution >= 0.6 is 12.2 Å². The Bertz CT molecular complexity index is 931. The molecule has 31 heavy (non-hydrogen) atoms. The van der Waals surface area contributed by atoms with Gasteiger partial charge in [0.25, 0.3) is 5.91 Å². The molecule has 0 aliphatic carbocycles. The lowest BCUT2D eigenvalue weighted by atomic mass is 10.1. The van der Waals surface area contributed by atoms with Crippen molar-refractivity contribution in [3.05, 3.63) is 54.1 Å². The van der Waals surface area contributed by atoms with E-state index in [1.54, 1.807) is 38.5 Å². The minimum Gasteiger partial charge on any atom is -0.497 e. The molecular formula is C23H27N3O4S. The smallest absolute Gasteiger partial charge is 0.257 e. The van der Waals surface area contributed by atoms with Crippen molar-refractivity contribution in [3.8, 4) is 11.5 Å². The van der Waals surface area contributed by atoms with Crippen LogP contribution in [0.1, 0.15) is 18.9 Å². The van der Waals surface area contributed by atoms with Crippen LogP contribution in [-0.4, -0.2) is 55.2 Å². The average molecular weight is 442 g/mol. The largest absolute Gasteiger partial charge is 0.497 e. The number of nitrogens with zero attached hydrogens (tertiary/aromatic N) is 2. The highest BCUT2D eigenvalue weighted by molar-refractivity contribution is 7.80. The number of methoxy groups -OCH3 is 2. The second kappa shape index (κ2) is 10.3. The van der Waals surface area contributed by atoms with Gasteiger partial charge in [0.15, 0.2) is 5.11 Å². The first-order valence-electron chi connectivity index (χ1n) is 10.2. The van der Waals surface area contributed by atoms with Gasteiger partial charge in [-0.3, -0.25) is 9.59 Å². The Balaban J connectivity index is 1.78. The molecule has 0 radical (unpaired) electrons. The number of carbonyl (C=O) groups excluding carboxylic acids is 2. The molecule has 2 amide bonds. The van der Waals surface area contributed by atoms with Gasteiger partial charge >= 0.3 is 0 Å². The normalized spacial score (nSPS) is 15.7. The molecule has 8 heteroatoms. The summed E-state index contributed by atoms with van der Waals surface area (Å²) < 4.78 is 10.4. The second-order valence-corrected chi connectivity index (χ2v) is 7.50. The molecule has 1 heterocycles. The molecule has 3 rings (SSSR count). The average Bonchev–Trinajstić information content (AvgIpc) is 3.08. The van der Waals surface area contributed by atoms with Crippen LogP contribution in [0.15, 0.2) is 48.5 Å². The highest BCUT2D eigenvalue weighted by Gasteiger charge is 2.43. The van der Waals surface area contributed by atoms with Gasteiger partial charge in [0.05, 0.1) is 26.3 Å². The van der Waals surface area contributed by atoms with Crippen LogP contribution in [0.3, 0.4) is 0 Å². The van der Waals surface area contributed by atoms with E-state index in [0.717, 1.165) is 11.3 Å². The van der Waals surface area contributed by atoms with Crippen molar-refractivity contribution in [1.29, 1.82) is 0 Å². The summed E-state index contributed by atoms with van der Waals surface area (Å²) in [6.07, 6.45) is 0.759. The zero-order valence-electron chi connectivity index (χ0n) is 18.0. The number of imide groups is 1. The molecule has 0 aromatic heterocycles. The molecule has 2 aromatic rings. The van der Waals surface area contributed by atoms with Crippen LogP contribution in [0.2, 0.25) is 0 Å². The molecule has 0 spiro atoms. The van der Waals surface area contributed by atoms with Gasteiger partial charge in [0, 0.05) is 13.1 Å². The standard InChI is InChI=1S/C23H27N3O4S/c1-4-24-23(31)25(14-13-16-5-9-18(29-2)10-6-16)20-15-21(27)26(22(20)28)17-7-11-19(30-3)12-8-17/h5-12,20H,4,13-15H2,1-3H3,(H,24,31)/t20-/m0/s1. The van der Waals surface area contributed by atoms with Gasteiger partial charge in [-0.1, -0.05) is 12.1 Å². The molecule has 1 N–H and O–H groups in total. The minimum absolute atomic E-state index is 0.0824. The summed E-state index contributed by atoms with van der Waals surface area (Å²) in [6, 6.07) is 14.0. The van der Waals surface area contributed by atoms with Crippen LogP contribution in [-0.2, 0) is 16.0 Å². The first-order chi connectivity index (χ1) is 15.0. The van der Waals surface area contributed by atoms with E-state index in [1.807, 2.05) is 36.1 Å². The van der Waals surface area contributed by atoms with Crippen molar-refractivity contribution in [3.63, 3.8) is 0 Å². The zero-order valence-corrected chi connectivity index (χ0v) is 18.8. The molecule has 1 atom stereocenters. The summed E-state index contributed by atoms with van der Waals surface area (Å²) in [5.74, 6) is 0.934. The zero-order chi connectivity index (χ0) is 22.4. The maximum Gasteiger partial charge on any atom is 0.257 e. The van der Waals surface area contributed by atoms with Crippen molar-refractivity contribution in [2.45, 2.75) is 25.8 Å². The maximum atomic E-state index is 13.2. The summed E-state index contributed by atoms with van der Waals surface area (Å²) in [5.41, 5.74) is 1.62. The lowest BCUT2D eigenvalue weighted by Gasteiger charge is -2.30. The molecule has 0 saturated carbocycles. The van der Waals surface area contributed by atoms with Gasteiger partial charge in [0.1, 0.15) is 17.5 Å². The van der Waals surface area contributed by atoms with Crippen molar-refractivity contribution in [1.82, 2.24) is 10.2 Å². The summed E-state index contributed by atoms with van der Waals surface area (Å²) in [6.45, 7) is 3.09. The van der Waals surface area contributed by atoms with Crippen molar-refractivity contribution in [2.24, 2.45) is 0 Å². The third-order valence-electron chi connectivity index (χ3n) is 5.22. The summed E-state index contributed by atoms with van der Waals surface area (Å²) >= 11 is 5.54. The summed E-state index contributed by atoms with van der Waals surface area (Å²) in [4.78, 5) is 29.1. The van der Waals surface area contributed by atoms with Gasteiger partial charge < -0.3 is 19.7 Å². The number of thiocarbonyl (C=S) groups is 1. The van der Waals surface area contributed by atoms with Crippen molar-refractivity contribution < 1.29 is 19.1 Å². The van der Waals surface area contributed by atoms with E-state index in [2.05, 4.69) is 5.32 Å². The number of carbonyl (C=O) groups is 2. The van der Waals surface area contributed by atoms with Crippen LogP contribution in [0.4, 0.5) is 5.69 Å². The number of rotatable bonds is 8. The van der Waals surface area contributed by atoms with Crippen molar-refractivity contribution in [2.75, 3.05) is 32.2 Å². The molecule has 0 unspecified atom stereocenters. The van der Waals surface area contributed by atoms with Crippen LogP contribution < -0.4 is 19.7 Å². The van der Waals surface area contributed by atoms with Crippen LogP contribution in [0, 0.1) is 0 Å². The Morgan fingerprint density at radius 2 is 1.65 bits per heavy atom. The highest BCUT2D eigenvalue weighted by atomic mass is 32.1. The fourth-order valence-electron chi connectivity index (χ4n) is 3.56. The minimum atomic E-state index is -0.639. The molecule has 1 aliphatic heterocycles. The van der Waals surface area contributed by atoms with Gasteiger partial charge in [-0.25, -0.2) is 4.90 Å². The van der Waals surface area contributed by atoms with Gasteiger partial charge in [-0.2, -0.15) is 0 Å². The van der Waals surface area contributed by atoms with Gasteiger partial charge in [-0.05, 0) is 67.5 Å². The van der Waals surface area contributed by atoms with E-state index in [-0.39, 0.29) is 18.2 Å². The van der Waals surface area contributed by atoms with E-state index in [4.69, 9.17) is 21.7 Å². The Hall–Kier alpha value is -3.13. The molecule has 164 valence electrons. The molecule has 7 nitrogen and oxygen atoms in total. The van der Waals surface area contributed by atoms with E-state index < -0.39 is 6.04 Å². The number of nitrogens with one attached hydrogen (secondary N) is 1. The Labute approximate surface area is 187 Å². The molecular weight excluding hydrogens is 414 g/mol. The van der Waals surface area contributed by atoms with E-state index >= 15 is 0 Å². The van der Waals surface area contributed by atoms with Crippen LogP contribution in [0.25, 0.3) is 0 Å². The number of hydrogen-bond acceptors (Lipinski definition) is 5. The molecule has 1 saturated heterocycles.